The van der Waals surface area contributed by atoms with Crippen LogP contribution in [0.15, 0.2) is 36.5 Å². The predicted octanol–water partition coefficient (Wildman–Crippen LogP) is 2.38. The summed E-state index contributed by atoms with van der Waals surface area (Å²) in [7, 11) is 0. The first-order chi connectivity index (χ1) is 9.38. The van der Waals surface area contributed by atoms with Gasteiger partial charge in [0.05, 0.1) is 11.1 Å². The van der Waals surface area contributed by atoms with Crippen LogP contribution < -0.4 is 5.73 Å². The van der Waals surface area contributed by atoms with E-state index in [0.717, 1.165) is 16.8 Å². The average molecular weight is 271 g/mol. The van der Waals surface area contributed by atoms with Crippen LogP contribution in [0.4, 0.5) is 5.95 Å². The summed E-state index contributed by atoms with van der Waals surface area (Å²) < 4.78 is 0. The first-order valence-corrected chi connectivity index (χ1v) is 6.30. The fraction of sp³-hybridized carbons (Fsp3) is 0.267. The van der Waals surface area contributed by atoms with Crippen molar-refractivity contribution in [2.24, 2.45) is 5.41 Å². The number of aliphatic carboxylic acids is 1. The zero-order valence-corrected chi connectivity index (χ0v) is 11.5. The molecule has 0 saturated heterocycles. The number of aromatic nitrogens is 2. The summed E-state index contributed by atoms with van der Waals surface area (Å²) in [6, 6.07) is 9.43. The van der Waals surface area contributed by atoms with Gasteiger partial charge in [0.1, 0.15) is 0 Å². The second-order valence-corrected chi connectivity index (χ2v) is 5.37. The molecule has 0 fully saturated rings. The van der Waals surface area contributed by atoms with Crippen LogP contribution in [-0.2, 0) is 11.2 Å². The Labute approximate surface area is 117 Å². The number of benzene rings is 1. The minimum Gasteiger partial charge on any atom is -0.481 e. The van der Waals surface area contributed by atoms with Crippen molar-refractivity contribution in [3.63, 3.8) is 0 Å². The molecule has 2 rings (SSSR count). The Morgan fingerprint density at radius 2 is 2.10 bits per heavy atom. The van der Waals surface area contributed by atoms with Crippen LogP contribution in [0.25, 0.3) is 11.3 Å². The Kier molecular flexibility index (Phi) is 3.70. The fourth-order valence-corrected chi connectivity index (χ4v) is 1.96. The van der Waals surface area contributed by atoms with E-state index in [9.17, 15) is 9.90 Å². The van der Waals surface area contributed by atoms with Gasteiger partial charge in [0, 0.05) is 11.8 Å². The third-order valence-electron chi connectivity index (χ3n) is 3.12. The quantitative estimate of drug-likeness (QED) is 0.891. The lowest BCUT2D eigenvalue weighted by Gasteiger charge is -2.19. The Bertz CT molecular complexity index is 639. The van der Waals surface area contributed by atoms with Gasteiger partial charge in [-0.1, -0.05) is 18.2 Å². The zero-order valence-electron chi connectivity index (χ0n) is 11.5. The molecule has 104 valence electrons. The molecule has 0 atom stereocenters. The lowest BCUT2D eigenvalue weighted by Crippen LogP contribution is -2.26. The monoisotopic (exact) mass is 271 g/mol. The molecule has 0 aliphatic carbocycles. The lowest BCUT2D eigenvalue weighted by atomic mass is 9.85. The highest BCUT2D eigenvalue weighted by Gasteiger charge is 2.27. The standard InChI is InChI=1S/C15H17N3O2/c1-15(2,13(19)20)9-10-4-3-5-11(8-10)12-6-7-17-14(16)18-12/h3-8H,9H2,1-2H3,(H,19,20)(H2,16,17,18). The van der Waals surface area contributed by atoms with Gasteiger partial charge < -0.3 is 10.8 Å². The Morgan fingerprint density at radius 1 is 1.35 bits per heavy atom. The summed E-state index contributed by atoms with van der Waals surface area (Å²) in [6.07, 6.45) is 2.06. The number of rotatable bonds is 4. The van der Waals surface area contributed by atoms with Crippen LogP contribution in [-0.4, -0.2) is 21.0 Å². The number of carboxylic acid groups (broad SMARTS) is 1. The Hall–Kier alpha value is -2.43. The minimum atomic E-state index is -0.811. The van der Waals surface area contributed by atoms with Gasteiger partial charge >= 0.3 is 5.97 Å². The number of nitrogens with zero attached hydrogens (tertiary/aromatic N) is 2. The molecule has 0 saturated carbocycles. The van der Waals surface area contributed by atoms with Crippen molar-refractivity contribution in [2.75, 3.05) is 5.73 Å². The molecule has 0 spiro atoms. The average Bonchev–Trinajstić information content (AvgIpc) is 2.38. The molecule has 1 aromatic carbocycles. The first kappa shape index (κ1) is 14.0. The highest BCUT2D eigenvalue weighted by molar-refractivity contribution is 5.74. The second kappa shape index (κ2) is 5.28. The van der Waals surface area contributed by atoms with Crippen molar-refractivity contribution in [2.45, 2.75) is 20.3 Å². The molecule has 0 radical (unpaired) electrons. The first-order valence-electron chi connectivity index (χ1n) is 6.30. The van der Waals surface area contributed by atoms with E-state index in [1.54, 1.807) is 26.1 Å². The second-order valence-electron chi connectivity index (χ2n) is 5.37. The van der Waals surface area contributed by atoms with Crippen LogP contribution in [0.2, 0.25) is 0 Å². The summed E-state index contributed by atoms with van der Waals surface area (Å²) in [5.74, 6) is -0.590. The number of hydrogen-bond acceptors (Lipinski definition) is 4. The number of hydrogen-bond donors (Lipinski definition) is 2. The molecular weight excluding hydrogens is 254 g/mol. The van der Waals surface area contributed by atoms with Crippen molar-refractivity contribution in [3.05, 3.63) is 42.1 Å². The minimum absolute atomic E-state index is 0.221. The predicted molar refractivity (Wildman–Crippen MR) is 77.0 cm³/mol. The molecule has 0 bridgehead atoms. The third kappa shape index (κ3) is 3.12. The van der Waals surface area contributed by atoms with Crippen LogP contribution in [0.3, 0.4) is 0 Å². The molecule has 1 aromatic heterocycles. The van der Waals surface area contributed by atoms with E-state index in [1.165, 1.54) is 0 Å². The molecule has 3 N–H and O–H groups in total. The van der Waals surface area contributed by atoms with Crippen molar-refractivity contribution in [1.29, 1.82) is 0 Å². The van der Waals surface area contributed by atoms with Crippen LogP contribution in [0.5, 0.6) is 0 Å². The number of carbonyl (C=O) groups is 1. The molecule has 5 nitrogen and oxygen atoms in total. The summed E-state index contributed by atoms with van der Waals surface area (Å²) in [5, 5.41) is 9.19. The molecule has 5 heteroatoms. The number of nitrogen functional groups attached to an aromatic ring is 1. The van der Waals surface area contributed by atoms with Gasteiger partial charge in [-0.3, -0.25) is 4.79 Å². The largest absolute Gasteiger partial charge is 0.481 e. The van der Waals surface area contributed by atoms with Crippen LogP contribution in [0, 0.1) is 5.41 Å². The van der Waals surface area contributed by atoms with E-state index in [1.807, 2.05) is 24.3 Å². The summed E-state index contributed by atoms with van der Waals surface area (Å²) in [6.45, 7) is 3.43. The fourth-order valence-electron chi connectivity index (χ4n) is 1.96. The molecule has 20 heavy (non-hydrogen) atoms. The topological polar surface area (TPSA) is 89.1 Å². The normalized spacial score (nSPS) is 11.3. The lowest BCUT2D eigenvalue weighted by molar-refractivity contribution is -0.146. The highest BCUT2D eigenvalue weighted by Crippen LogP contribution is 2.25. The van der Waals surface area contributed by atoms with Gasteiger partial charge in [0.25, 0.3) is 0 Å². The SMILES string of the molecule is CC(C)(Cc1cccc(-c2ccnc(N)n2)c1)C(=O)O. The van der Waals surface area contributed by atoms with Gasteiger partial charge in [-0.15, -0.1) is 0 Å². The summed E-state index contributed by atoms with van der Waals surface area (Å²) in [4.78, 5) is 19.2. The van der Waals surface area contributed by atoms with E-state index in [0.29, 0.717) is 6.42 Å². The van der Waals surface area contributed by atoms with Crippen molar-refractivity contribution >= 4 is 11.9 Å². The molecule has 0 aliphatic rings. The number of nitrogens with two attached hydrogens (primary N) is 1. The van der Waals surface area contributed by atoms with E-state index >= 15 is 0 Å². The third-order valence-corrected chi connectivity index (χ3v) is 3.12. The van der Waals surface area contributed by atoms with E-state index < -0.39 is 11.4 Å². The van der Waals surface area contributed by atoms with Crippen molar-refractivity contribution < 1.29 is 9.90 Å². The molecule has 0 aliphatic heterocycles. The van der Waals surface area contributed by atoms with Crippen LogP contribution >= 0.6 is 0 Å². The molecule has 0 amide bonds. The summed E-state index contributed by atoms with van der Waals surface area (Å²) in [5.41, 5.74) is 7.35. The van der Waals surface area contributed by atoms with Gasteiger partial charge in [-0.25, -0.2) is 9.97 Å². The van der Waals surface area contributed by atoms with E-state index in [4.69, 9.17) is 5.73 Å². The zero-order chi connectivity index (χ0) is 14.8. The Balaban J connectivity index is 2.31. The van der Waals surface area contributed by atoms with Crippen molar-refractivity contribution in [1.82, 2.24) is 9.97 Å². The number of anilines is 1. The van der Waals surface area contributed by atoms with Gasteiger partial charge in [0.2, 0.25) is 5.95 Å². The maximum atomic E-state index is 11.2. The van der Waals surface area contributed by atoms with Gasteiger partial charge in [0.15, 0.2) is 0 Å². The molecule has 2 aromatic rings. The highest BCUT2D eigenvalue weighted by atomic mass is 16.4. The molecular formula is C15H17N3O2. The van der Waals surface area contributed by atoms with Crippen LogP contribution in [0.1, 0.15) is 19.4 Å². The molecule has 1 heterocycles. The van der Waals surface area contributed by atoms with E-state index in [2.05, 4.69) is 9.97 Å². The number of carboxylic acids is 1. The maximum absolute atomic E-state index is 11.2. The maximum Gasteiger partial charge on any atom is 0.309 e. The van der Waals surface area contributed by atoms with Gasteiger partial charge in [-0.2, -0.15) is 0 Å². The van der Waals surface area contributed by atoms with Gasteiger partial charge in [-0.05, 0) is 38.0 Å². The Morgan fingerprint density at radius 3 is 2.75 bits per heavy atom. The smallest absolute Gasteiger partial charge is 0.309 e. The summed E-state index contributed by atoms with van der Waals surface area (Å²) >= 11 is 0. The molecule has 0 unspecified atom stereocenters. The van der Waals surface area contributed by atoms with Crippen molar-refractivity contribution in [3.8, 4) is 11.3 Å². The van der Waals surface area contributed by atoms with E-state index in [-0.39, 0.29) is 5.95 Å².